The van der Waals surface area contributed by atoms with Gasteiger partial charge in [0.2, 0.25) is 0 Å². The molecule has 6 nitrogen and oxygen atoms in total. The average Bonchev–Trinajstić information content (AvgIpc) is 2.36. The molecule has 0 fully saturated rings. The van der Waals surface area contributed by atoms with Crippen LogP contribution in [-0.4, -0.2) is 26.3 Å². The summed E-state index contributed by atoms with van der Waals surface area (Å²) >= 11 is 0. The Bertz CT molecular complexity index is 523. The van der Waals surface area contributed by atoms with Crippen molar-refractivity contribution in [1.29, 1.82) is 0 Å². The van der Waals surface area contributed by atoms with Crippen molar-refractivity contribution in [3.05, 3.63) is 46.3 Å². The van der Waals surface area contributed by atoms with Crippen molar-refractivity contribution >= 4 is 10.2 Å². The van der Waals surface area contributed by atoms with Gasteiger partial charge in [-0.1, -0.05) is 37.3 Å². The van der Waals surface area contributed by atoms with Crippen molar-refractivity contribution in [1.82, 2.24) is 4.31 Å². The van der Waals surface area contributed by atoms with E-state index in [9.17, 15) is 8.42 Å². The van der Waals surface area contributed by atoms with Crippen LogP contribution in [0.25, 0.3) is 10.4 Å². The minimum absolute atomic E-state index is 0.245. The van der Waals surface area contributed by atoms with Gasteiger partial charge in [-0.15, -0.1) is 0 Å². The lowest BCUT2D eigenvalue weighted by Gasteiger charge is -2.17. The topological polar surface area (TPSA) is 86.1 Å². The zero-order valence-electron chi connectivity index (χ0n) is 10.4. The Morgan fingerprint density at radius 1 is 1.39 bits per heavy atom. The lowest BCUT2D eigenvalue weighted by molar-refractivity contribution is 0.447. The summed E-state index contributed by atoms with van der Waals surface area (Å²) in [5, 5.41) is 0. The molecule has 0 aliphatic heterocycles. The lowest BCUT2D eigenvalue weighted by Crippen LogP contribution is -2.26. The van der Waals surface area contributed by atoms with Crippen LogP contribution < -0.4 is 0 Å². The molecule has 0 aromatic heterocycles. The Morgan fingerprint density at radius 2 is 2.00 bits per heavy atom. The van der Waals surface area contributed by atoms with E-state index in [1.165, 1.54) is 7.05 Å². The molecule has 0 aliphatic rings. The second-order valence-corrected chi connectivity index (χ2v) is 5.75. The summed E-state index contributed by atoms with van der Waals surface area (Å²) in [6, 6.07) is 9.85. The van der Waals surface area contributed by atoms with Gasteiger partial charge in [-0.05, 0) is 23.4 Å². The van der Waals surface area contributed by atoms with Crippen LogP contribution in [0.15, 0.2) is 34.9 Å². The molecule has 0 radical (unpaired) electrons. The lowest BCUT2D eigenvalue weighted by atomic mass is 9.98. The minimum atomic E-state index is -3.85. The predicted molar refractivity (Wildman–Crippen MR) is 70.2 cm³/mol. The summed E-state index contributed by atoms with van der Waals surface area (Å²) in [4.78, 5) is 2.31. The van der Waals surface area contributed by atoms with E-state index in [1.807, 2.05) is 37.3 Å². The Labute approximate surface area is 107 Å². The monoisotopic (exact) mass is 268 g/mol. The number of azide groups is 1. The third-order valence-electron chi connectivity index (χ3n) is 2.78. The van der Waals surface area contributed by atoms with E-state index >= 15 is 0 Å². The second-order valence-electron chi connectivity index (χ2n) is 4.07. The summed E-state index contributed by atoms with van der Waals surface area (Å²) in [6.45, 7) is 2.35. The summed E-state index contributed by atoms with van der Waals surface area (Å²) < 4.78 is 26.6. The highest BCUT2D eigenvalue weighted by molar-refractivity contribution is 7.87. The standard InChI is InChI=1S/C11H16N4O2S/c1-10(11-6-4-3-5-7-11)8-9-15(2)18(16,17)14-13-12/h3-7,10H,8-9H2,1-2H3/t10-/m0/s1. The van der Waals surface area contributed by atoms with Gasteiger partial charge in [-0.2, -0.15) is 4.31 Å². The fourth-order valence-electron chi connectivity index (χ4n) is 1.55. The molecule has 0 spiro atoms. The highest BCUT2D eigenvalue weighted by Gasteiger charge is 2.16. The first kappa shape index (κ1) is 14.5. The maximum Gasteiger partial charge on any atom is 0.302 e. The molecule has 7 heteroatoms. The smallest absolute Gasteiger partial charge is 0.204 e. The predicted octanol–water partition coefficient (Wildman–Crippen LogP) is 2.67. The van der Waals surface area contributed by atoms with Crippen LogP contribution in [0.1, 0.15) is 24.8 Å². The SMILES string of the molecule is C[C@@H](CCN(C)S(=O)(=O)N=[N+]=[N-])c1ccccc1. The molecule has 1 rings (SSSR count). The van der Waals surface area contributed by atoms with E-state index in [2.05, 4.69) is 9.43 Å². The van der Waals surface area contributed by atoms with Crippen molar-refractivity contribution in [2.24, 2.45) is 4.52 Å². The molecule has 1 aromatic rings. The van der Waals surface area contributed by atoms with E-state index in [0.717, 1.165) is 9.87 Å². The summed E-state index contributed by atoms with van der Waals surface area (Å²) in [6.07, 6.45) is 0.667. The van der Waals surface area contributed by atoms with Crippen molar-refractivity contribution in [2.75, 3.05) is 13.6 Å². The first-order valence-electron chi connectivity index (χ1n) is 5.55. The van der Waals surface area contributed by atoms with Gasteiger partial charge >= 0.3 is 10.2 Å². The molecule has 0 bridgehead atoms. The minimum Gasteiger partial charge on any atom is -0.204 e. The fraction of sp³-hybridized carbons (Fsp3) is 0.455. The van der Waals surface area contributed by atoms with Gasteiger partial charge in [0.15, 0.2) is 0 Å². The first-order chi connectivity index (χ1) is 8.47. The molecule has 1 aromatic carbocycles. The van der Waals surface area contributed by atoms with Crippen LogP contribution in [0.3, 0.4) is 0 Å². The van der Waals surface area contributed by atoms with Gasteiger partial charge in [0, 0.05) is 23.0 Å². The van der Waals surface area contributed by atoms with E-state index in [4.69, 9.17) is 5.53 Å². The molecule has 98 valence electrons. The van der Waals surface area contributed by atoms with E-state index in [0.29, 0.717) is 13.0 Å². The van der Waals surface area contributed by atoms with Crippen LogP contribution >= 0.6 is 0 Å². The van der Waals surface area contributed by atoms with Crippen LogP contribution in [0, 0.1) is 0 Å². The van der Waals surface area contributed by atoms with Gasteiger partial charge < -0.3 is 0 Å². The van der Waals surface area contributed by atoms with Gasteiger partial charge in [-0.3, -0.25) is 0 Å². The number of hydrogen-bond acceptors (Lipinski definition) is 2. The molecular formula is C11H16N4O2S. The molecule has 0 aliphatic carbocycles. The summed E-state index contributed by atoms with van der Waals surface area (Å²) in [7, 11) is -2.44. The van der Waals surface area contributed by atoms with Crippen LogP contribution in [0.4, 0.5) is 0 Å². The Balaban J connectivity index is 2.59. The molecule has 0 saturated carbocycles. The zero-order chi connectivity index (χ0) is 13.6. The molecule has 0 unspecified atom stereocenters. The van der Waals surface area contributed by atoms with Gasteiger partial charge in [-0.25, -0.2) is 8.42 Å². The second kappa shape index (κ2) is 6.39. The first-order valence-corrected chi connectivity index (χ1v) is 6.94. The number of hydrogen-bond donors (Lipinski definition) is 0. The quantitative estimate of drug-likeness (QED) is 0.451. The van der Waals surface area contributed by atoms with Crippen molar-refractivity contribution < 1.29 is 8.42 Å². The van der Waals surface area contributed by atoms with Crippen molar-refractivity contribution in [3.63, 3.8) is 0 Å². The Kier molecular flexibility index (Phi) is 5.15. The molecule has 0 saturated heterocycles. The normalized spacial score (nSPS) is 13.1. The van der Waals surface area contributed by atoms with E-state index in [1.54, 1.807) is 0 Å². The van der Waals surface area contributed by atoms with Crippen LogP contribution in [-0.2, 0) is 10.2 Å². The third kappa shape index (κ3) is 4.03. The van der Waals surface area contributed by atoms with E-state index in [-0.39, 0.29) is 5.92 Å². The van der Waals surface area contributed by atoms with Gasteiger partial charge in [0.05, 0.1) is 0 Å². The molecule has 1 atom stereocenters. The van der Waals surface area contributed by atoms with Crippen molar-refractivity contribution in [3.8, 4) is 0 Å². The maximum atomic E-state index is 11.4. The molecule has 0 amide bonds. The highest BCUT2D eigenvalue weighted by atomic mass is 32.2. The number of rotatable bonds is 6. The van der Waals surface area contributed by atoms with Crippen LogP contribution in [0.2, 0.25) is 0 Å². The average molecular weight is 268 g/mol. The molecule has 0 N–H and O–H groups in total. The van der Waals surface area contributed by atoms with Crippen molar-refractivity contribution in [2.45, 2.75) is 19.3 Å². The third-order valence-corrected chi connectivity index (χ3v) is 4.03. The van der Waals surface area contributed by atoms with Gasteiger partial charge in [0.1, 0.15) is 0 Å². The highest BCUT2D eigenvalue weighted by Crippen LogP contribution is 2.19. The Morgan fingerprint density at radius 3 is 2.56 bits per heavy atom. The number of nitrogens with zero attached hydrogens (tertiary/aromatic N) is 4. The number of benzene rings is 1. The summed E-state index contributed by atoms with van der Waals surface area (Å²) in [5.74, 6) is 0.245. The maximum absolute atomic E-state index is 11.4. The summed E-state index contributed by atoms with van der Waals surface area (Å²) in [5.41, 5.74) is 9.32. The molecular weight excluding hydrogens is 252 g/mol. The zero-order valence-corrected chi connectivity index (χ0v) is 11.2. The largest absolute Gasteiger partial charge is 0.302 e. The fourth-order valence-corrected chi connectivity index (χ4v) is 2.10. The van der Waals surface area contributed by atoms with Crippen LogP contribution in [0.5, 0.6) is 0 Å². The Hall–Kier alpha value is -1.56. The molecule has 0 heterocycles. The van der Waals surface area contributed by atoms with E-state index < -0.39 is 10.2 Å². The molecule has 18 heavy (non-hydrogen) atoms. The van der Waals surface area contributed by atoms with Gasteiger partial charge in [0.25, 0.3) is 0 Å².